The number of ether oxygens (including phenoxy) is 1. The van der Waals surface area contributed by atoms with Gasteiger partial charge >= 0.3 is 5.97 Å². The third-order valence-corrected chi connectivity index (χ3v) is 2.77. The van der Waals surface area contributed by atoms with Gasteiger partial charge in [-0.15, -0.1) is 0 Å². The Morgan fingerprint density at radius 3 is 2.16 bits per heavy atom. The first-order valence-corrected chi connectivity index (χ1v) is 5.80. The predicted octanol–water partition coefficient (Wildman–Crippen LogP) is 3.67. The molecule has 2 rings (SSSR count). The van der Waals surface area contributed by atoms with Gasteiger partial charge in [0.25, 0.3) is 0 Å². The lowest BCUT2D eigenvalue weighted by molar-refractivity contribution is -0.136. The van der Waals surface area contributed by atoms with Crippen LogP contribution in [0.4, 0.5) is 8.78 Å². The fourth-order valence-electron chi connectivity index (χ4n) is 1.65. The molecule has 4 heteroatoms. The molecule has 2 nitrogen and oxygen atoms in total. The Morgan fingerprint density at radius 2 is 1.58 bits per heavy atom. The zero-order valence-corrected chi connectivity index (χ0v) is 10.3. The van der Waals surface area contributed by atoms with E-state index in [2.05, 4.69) is 0 Å². The first-order chi connectivity index (χ1) is 9.09. The molecule has 1 atom stereocenters. The summed E-state index contributed by atoms with van der Waals surface area (Å²) in [5.41, 5.74) is 0.726. The average Bonchev–Trinajstić information content (AvgIpc) is 2.43. The van der Waals surface area contributed by atoms with E-state index in [1.807, 2.05) is 6.07 Å². The summed E-state index contributed by atoms with van der Waals surface area (Å²) in [5, 5.41) is 0. The van der Waals surface area contributed by atoms with E-state index in [0.717, 1.165) is 17.7 Å². The van der Waals surface area contributed by atoms with Crippen LogP contribution in [0.25, 0.3) is 0 Å². The largest absolute Gasteiger partial charge is 0.420 e. The van der Waals surface area contributed by atoms with Crippen molar-refractivity contribution in [3.63, 3.8) is 0 Å². The maximum absolute atomic E-state index is 13.4. The molecule has 0 amide bonds. The number of esters is 1. The Hall–Kier alpha value is -2.23. The lowest BCUT2D eigenvalue weighted by atomic mass is 10.0. The zero-order chi connectivity index (χ0) is 13.8. The van der Waals surface area contributed by atoms with Crippen LogP contribution in [0.5, 0.6) is 5.75 Å². The molecule has 1 unspecified atom stereocenters. The van der Waals surface area contributed by atoms with E-state index in [1.54, 1.807) is 31.2 Å². The summed E-state index contributed by atoms with van der Waals surface area (Å²) < 4.78 is 31.5. The zero-order valence-electron chi connectivity index (χ0n) is 10.3. The summed E-state index contributed by atoms with van der Waals surface area (Å²) in [7, 11) is 0. The Kier molecular flexibility index (Phi) is 3.90. The summed E-state index contributed by atoms with van der Waals surface area (Å²) in [4.78, 5) is 11.9. The van der Waals surface area contributed by atoms with Crippen LogP contribution >= 0.6 is 0 Å². The highest BCUT2D eigenvalue weighted by Crippen LogP contribution is 2.24. The maximum atomic E-state index is 13.4. The summed E-state index contributed by atoms with van der Waals surface area (Å²) in [6.45, 7) is 1.62. The molecule has 0 heterocycles. The van der Waals surface area contributed by atoms with Gasteiger partial charge in [-0.2, -0.15) is 0 Å². The predicted molar refractivity (Wildman–Crippen MR) is 66.9 cm³/mol. The average molecular weight is 262 g/mol. The molecule has 2 aromatic carbocycles. The second-order valence-electron chi connectivity index (χ2n) is 4.10. The molecule has 0 N–H and O–H groups in total. The maximum Gasteiger partial charge on any atom is 0.318 e. The Bertz CT molecular complexity index is 562. The summed E-state index contributed by atoms with van der Waals surface area (Å²) in [6.07, 6.45) is 0. The second-order valence-corrected chi connectivity index (χ2v) is 4.10. The van der Waals surface area contributed by atoms with Crippen molar-refractivity contribution in [1.82, 2.24) is 0 Å². The molecule has 0 aliphatic heterocycles. The Morgan fingerprint density at radius 1 is 1.00 bits per heavy atom. The molecule has 0 aliphatic carbocycles. The Balaban J connectivity index is 2.18. The minimum atomic E-state index is -0.895. The van der Waals surface area contributed by atoms with Gasteiger partial charge in [-0.25, -0.2) is 8.78 Å². The van der Waals surface area contributed by atoms with E-state index < -0.39 is 29.3 Å². The third kappa shape index (κ3) is 2.96. The van der Waals surface area contributed by atoms with Gasteiger partial charge in [-0.3, -0.25) is 4.79 Å². The van der Waals surface area contributed by atoms with Crippen molar-refractivity contribution in [1.29, 1.82) is 0 Å². The number of rotatable bonds is 3. The van der Waals surface area contributed by atoms with Crippen molar-refractivity contribution in [2.24, 2.45) is 0 Å². The van der Waals surface area contributed by atoms with Gasteiger partial charge in [0.2, 0.25) is 5.75 Å². The van der Waals surface area contributed by atoms with Crippen molar-refractivity contribution >= 4 is 5.97 Å². The lowest BCUT2D eigenvalue weighted by Gasteiger charge is -2.12. The van der Waals surface area contributed by atoms with Crippen LogP contribution in [0.2, 0.25) is 0 Å². The van der Waals surface area contributed by atoms with E-state index in [-0.39, 0.29) is 0 Å². The van der Waals surface area contributed by atoms with Crippen molar-refractivity contribution in [2.75, 3.05) is 0 Å². The van der Waals surface area contributed by atoms with Gasteiger partial charge < -0.3 is 4.74 Å². The number of benzene rings is 2. The van der Waals surface area contributed by atoms with Gasteiger partial charge in [-0.1, -0.05) is 36.4 Å². The molecule has 98 valence electrons. The van der Waals surface area contributed by atoms with Gasteiger partial charge in [0, 0.05) is 0 Å². The molecule has 0 aliphatic rings. The minimum absolute atomic E-state index is 0.597. The molecule has 0 aromatic heterocycles. The van der Waals surface area contributed by atoms with Crippen LogP contribution in [0.15, 0.2) is 48.5 Å². The van der Waals surface area contributed by atoms with Crippen LogP contribution in [0.3, 0.4) is 0 Å². The van der Waals surface area contributed by atoms with Crippen LogP contribution in [0.1, 0.15) is 18.4 Å². The van der Waals surface area contributed by atoms with Gasteiger partial charge in [0.15, 0.2) is 11.6 Å². The molecular weight excluding hydrogens is 250 g/mol. The molecule has 0 fully saturated rings. The summed E-state index contributed by atoms with van der Waals surface area (Å²) in [5.74, 6) is -3.74. The van der Waals surface area contributed by atoms with Gasteiger partial charge in [-0.05, 0) is 24.6 Å². The molecule has 2 aromatic rings. The smallest absolute Gasteiger partial charge is 0.318 e. The van der Waals surface area contributed by atoms with Crippen LogP contribution < -0.4 is 4.74 Å². The van der Waals surface area contributed by atoms with E-state index in [0.29, 0.717) is 0 Å². The van der Waals surface area contributed by atoms with Gasteiger partial charge in [0.05, 0.1) is 5.92 Å². The molecular formula is C15H12F2O2. The molecule has 0 saturated carbocycles. The van der Waals surface area contributed by atoms with E-state index in [9.17, 15) is 13.6 Å². The van der Waals surface area contributed by atoms with Crippen LogP contribution in [-0.2, 0) is 4.79 Å². The number of hydrogen-bond acceptors (Lipinski definition) is 2. The van der Waals surface area contributed by atoms with Crippen molar-refractivity contribution in [2.45, 2.75) is 12.8 Å². The fourth-order valence-corrected chi connectivity index (χ4v) is 1.65. The molecule has 0 bridgehead atoms. The monoisotopic (exact) mass is 262 g/mol. The first kappa shape index (κ1) is 13.2. The summed E-state index contributed by atoms with van der Waals surface area (Å²) in [6, 6.07) is 12.2. The number of hydrogen-bond donors (Lipinski definition) is 0. The van der Waals surface area contributed by atoms with Crippen molar-refractivity contribution < 1.29 is 18.3 Å². The topological polar surface area (TPSA) is 26.3 Å². The third-order valence-electron chi connectivity index (χ3n) is 2.77. The SMILES string of the molecule is CC(C(=O)Oc1c(F)cccc1F)c1ccccc1. The van der Waals surface area contributed by atoms with Crippen LogP contribution in [0, 0.1) is 11.6 Å². The van der Waals surface area contributed by atoms with E-state index in [1.165, 1.54) is 6.07 Å². The number of para-hydroxylation sites is 1. The van der Waals surface area contributed by atoms with Crippen molar-refractivity contribution in [3.8, 4) is 5.75 Å². The molecule has 0 radical (unpaired) electrons. The lowest BCUT2D eigenvalue weighted by Crippen LogP contribution is -2.17. The summed E-state index contributed by atoms with van der Waals surface area (Å²) >= 11 is 0. The first-order valence-electron chi connectivity index (χ1n) is 5.80. The van der Waals surface area contributed by atoms with Crippen LogP contribution in [-0.4, -0.2) is 5.97 Å². The minimum Gasteiger partial charge on any atom is -0.420 e. The highest BCUT2D eigenvalue weighted by Gasteiger charge is 2.20. The molecule has 19 heavy (non-hydrogen) atoms. The van der Waals surface area contributed by atoms with Gasteiger partial charge in [0.1, 0.15) is 0 Å². The number of carbonyl (C=O) groups excluding carboxylic acids is 1. The molecule has 0 saturated heterocycles. The normalized spacial score (nSPS) is 11.9. The standard InChI is InChI=1S/C15H12F2O2/c1-10(11-6-3-2-4-7-11)15(18)19-14-12(16)8-5-9-13(14)17/h2-10H,1H3. The molecule has 0 spiro atoms. The van der Waals surface area contributed by atoms with E-state index >= 15 is 0 Å². The number of halogens is 2. The fraction of sp³-hybridized carbons (Fsp3) is 0.133. The highest BCUT2D eigenvalue weighted by molar-refractivity contribution is 5.79. The second kappa shape index (κ2) is 5.61. The number of carbonyl (C=O) groups is 1. The quantitative estimate of drug-likeness (QED) is 0.623. The van der Waals surface area contributed by atoms with E-state index in [4.69, 9.17) is 4.74 Å². The van der Waals surface area contributed by atoms with Crippen molar-refractivity contribution in [3.05, 3.63) is 65.7 Å². The highest BCUT2D eigenvalue weighted by atomic mass is 19.1. The Labute approximate surface area is 109 Å².